The maximum absolute atomic E-state index is 12.9. The lowest BCUT2D eigenvalue weighted by atomic mass is 10.1. The SMILES string of the molecule is CN1C(=O)N(c2ccc(C(=O)O)cc2)Cc2c1cnc1[nH]c(C3CC3)cc21. The largest absolute Gasteiger partial charge is 0.478 e. The minimum atomic E-state index is -0.985. The summed E-state index contributed by atoms with van der Waals surface area (Å²) in [5.74, 6) is -0.390. The van der Waals surface area contributed by atoms with E-state index in [9.17, 15) is 9.59 Å². The van der Waals surface area contributed by atoms with Crippen LogP contribution in [0.5, 0.6) is 0 Å². The van der Waals surface area contributed by atoms with E-state index in [1.54, 1.807) is 35.2 Å². The minimum Gasteiger partial charge on any atom is -0.478 e. The van der Waals surface area contributed by atoms with Crippen LogP contribution in [-0.4, -0.2) is 34.1 Å². The van der Waals surface area contributed by atoms with E-state index in [1.807, 2.05) is 0 Å². The number of aromatic carboxylic acids is 1. The van der Waals surface area contributed by atoms with Gasteiger partial charge in [-0.25, -0.2) is 14.6 Å². The lowest BCUT2D eigenvalue weighted by Gasteiger charge is -2.35. The molecule has 0 unspecified atom stereocenters. The number of carbonyl (C=O) groups excluding carboxylic acids is 1. The Labute approximate surface area is 155 Å². The van der Waals surface area contributed by atoms with Crippen LogP contribution < -0.4 is 9.80 Å². The third-order valence-corrected chi connectivity index (χ3v) is 5.41. The Morgan fingerprint density at radius 3 is 2.67 bits per heavy atom. The molecule has 1 aromatic carbocycles. The summed E-state index contributed by atoms with van der Waals surface area (Å²) in [7, 11) is 1.74. The van der Waals surface area contributed by atoms with Gasteiger partial charge in [0.15, 0.2) is 0 Å². The molecule has 7 nitrogen and oxygen atoms in total. The van der Waals surface area contributed by atoms with Crippen molar-refractivity contribution in [2.24, 2.45) is 0 Å². The number of hydrogen-bond acceptors (Lipinski definition) is 3. The zero-order valence-corrected chi connectivity index (χ0v) is 14.8. The highest BCUT2D eigenvalue weighted by molar-refractivity contribution is 6.08. The van der Waals surface area contributed by atoms with Gasteiger partial charge in [0.1, 0.15) is 5.65 Å². The maximum Gasteiger partial charge on any atom is 0.335 e. The molecule has 1 aliphatic carbocycles. The summed E-state index contributed by atoms with van der Waals surface area (Å²) in [6.45, 7) is 0.423. The summed E-state index contributed by atoms with van der Waals surface area (Å²) in [6, 6.07) is 8.38. The fraction of sp³-hybridized carbons (Fsp3) is 0.250. The first-order chi connectivity index (χ1) is 13.0. The van der Waals surface area contributed by atoms with Crippen molar-refractivity contribution in [2.75, 3.05) is 16.8 Å². The number of nitrogens with zero attached hydrogens (tertiary/aromatic N) is 3. The first kappa shape index (κ1) is 15.9. The van der Waals surface area contributed by atoms with E-state index >= 15 is 0 Å². The molecule has 0 bridgehead atoms. The van der Waals surface area contributed by atoms with Gasteiger partial charge >= 0.3 is 12.0 Å². The number of H-pyrrole nitrogens is 1. The predicted octanol–water partition coefficient (Wildman–Crippen LogP) is 3.71. The van der Waals surface area contributed by atoms with Crippen LogP contribution in [0.1, 0.15) is 40.4 Å². The lowest BCUT2D eigenvalue weighted by Crippen LogP contribution is -2.45. The fourth-order valence-electron chi connectivity index (χ4n) is 3.70. The number of amides is 2. The Hall–Kier alpha value is -3.35. The smallest absolute Gasteiger partial charge is 0.335 e. The van der Waals surface area contributed by atoms with E-state index in [0.717, 1.165) is 22.3 Å². The van der Waals surface area contributed by atoms with E-state index in [1.165, 1.54) is 30.7 Å². The highest BCUT2D eigenvalue weighted by Gasteiger charge is 2.32. The van der Waals surface area contributed by atoms with Gasteiger partial charge in [0.25, 0.3) is 0 Å². The number of benzene rings is 1. The number of aromatic amines is 1. The van der Waals surface area contributed by atoms with E-state index in [4.69, 9.17) is 5.11 Å². The van der Waals surface area contributed by atoms with Crippen molar-refractivity contribution in [1.29, 1.82) is 0 Å². The molecule has 0 saturated heterocycles. The van der Waals surface area contributed by atoms with Gasteiger partial charge in [-0.05, 0) is 49.1 Å². The van der Waals surface area contributed by atoms with Crippen molar-refractivity contribution in [3.8, 4) is 0 Å². The highest BCUT2D eigenvalue weighted by Crippen LogP contribution is 2.42. The zero-order valence-electron chi connectivity index (χ0n) is 14.8. The molecule has 1 aliphatic heterocycles. The standard InChI is InChI=1S/C20H18N4O3/c1-23-17-9-21-18-14(8-16(22-18)11-2-3-11)15(17)10-24(20(23)27)13-6-4-12(5-7-13)19(25)26/h4-9,11H,2-3,10H2,1H3,(H,21,22)(H,25,26). The van der Waals surface area contributed by atoms with Gasteiger partial charge in [0.05, 0.1) is 24.0 Å². The second kappa shape index (κ2) is 5.57. The molecule has 2 N–H and O–H groups in total. The highest BCUT2D eigenvalue weighted by atomic mass is 16.4. The quantitative estimate of drug-likeness (QED) is 0.743. The molecule has 136 valence electrons. The molecular weight excluding hydrogens is 344 g/mol. The van der Waals surface area contributed by atoms with Crippen molar-refractivity contribution in [1.82, 2.24) is 9.97 Å². The number of carboxylic acid groups (broad SMARTS) is 1. The predicted molar refractivity (Wildman–Crippen MR) is 101 cm³/mol. The molecular formula is C20H18N4O3. The van der Waals surface area contributed by atoms with E-state index in [2.05, 4.69) is 16.0 Å². The molecule has 0 radical (unpaired) electrons. The number of pyridine rings is 1. The summed E-state index contributed by atoms with van der Waals surface area (Å²) in [4.78, 5) is 35.1. The molecule has 2 amide bonds. The van der Waals surface area contributed by atoms with E-state index in [0.29, 0.717) is 18.2 Å². The van der Waals surface area contributed by atoms with Crippen LogP contribution >= 0.6 is 0 Å². The summed E-state index contributed by atoms with van der Waals surface area (Å²) < 4.78 is 0. The van der Waals surface area contributed by atoms with Crippen LogP contribution in [-0.2, 0) is 6.54 Å². The molecule has 1 fully saturated rings. The van der Waals surface area contributed by atoms with Crippen LogP contribution in [0.25, 0.3) is 11.0 Å². The van der Waals surface area contributed by atoms with Gasteiger partial charge in [0, 0.05) is 29.4 Å². The maximum atomic E-state index is 12.9. The first-order valence-corrected chi connectivity index (χ1v) is 8.92. The van der Waals surface area contributed by atoms with Crippen LogP contribution in [0.3, 0.4) is 0 Å². The number of anilines is 2. The van der Waals surface area contributed by atoms with E-state index < -0.39 is 5.97 Å². The third kappa shape index (κ3) is 2.46. The van der Waals surface area contributed by atoms with Crippen LogP contribution in [0.2, 0.25) is 0 Å². The van der Waals surface area contributed by atoms with Gasteiger partial charge in [-0.1, -0.05) is 0 Å². The minimum absolute atomic E-state index is 0.162. The van der Waals surface area contributed by atoms with Gasteiger partial charge in [-0.3, -0.25) is 9.80 Å². The average molecular weight is 362 g/mol. The Balaban J connectivity index is 1.58. The van der Waals surface area contributed by atoms with Crippen LogP contribution in [0.4, 0.5) is 16.2 Å². The second-order valence-corrected chi connectivity index (χ2v) is 7.16. The van der Waals surface area contributed by atoms with Gasteiger partial charge in [-0.15, -0.1) is 0 Å². The zero-order chi connectivity index (χ0) is 18.7. The molecule has 2 aromatic heterocycles. The molecule has 0 atom stereocenters. The summed E-state index contributed by atoms with van der Waals surface area (Å²) in [5.41, 5.74) is 4.79. The number of urea groups is 1. The monoisotopic (exact) mass is 362 g/mol. The normalized spacial score (nSPS) is 16.7. The molecule has 0 spiro atoms. The van der Waals surface area contributed by atoms with Gasteiger partial charge < -0.3 is 10.1 Å². The van der Waals surface area contributed by atoms with Crippen molar-refractivity contribution in [2.45, 2.75) is 25.3 Å². The van der Waals surface area contributed by atoms with Crippen molar-refractivity contribution in [3.63, 3.8) is 0 Å². The number of rotatable bonds is 3. The molecule has 3 aromatic rings. The molecule has 27 heavy (non-hydrogen) atoms. The number of nitrogens with one attached hydrogen (secondary N) is 1. The third-order valence-electron chi connectivity index (χ3n) is 5.41. The number of hydrogen-bond donors (Lipinski definition) is 2. The van der Waals surface area contributed by atoms with Crippen molar-refractivity contribution in [3.05, 3.63) is 53.3 Å². The topological polar surface area (TPSA) is 89.5 Å². The number of fused-ring (bicyclic) bond motifs is 3. The Bertz CT molecular complexity index is 1080. The molecule has 2 aliphatic rings. The van der Waals surface area contributed by atoms with Gasteiger partial charge in [0.2, 0.25) is 0 Å². The Morgan fingerprint density at radius 1 is 1.26 bits per heavy atom. The summed E-state index contributed by atoms with van der Waals surface area (Å²) in [5, 5.41) is 10.1. The van der Waals surface area contributed by atoms with Crippen molar-refractivity contribution < 1.29 is 14.7 Å². The number of carbonyl (C=O) groups is 2. The van der Waals surface area contributed by atoms with Crippen LogP contribution in [0.15, 0.2) is 36.5 Å². The molecule has 3 heterocycles. The van der Waals surface area contributed by atoms with Crippen molar-refractivity contribution >= 4 is 34.4 Å². The lowest BCUT2D eigenvalue weighted by molar-refractivity contribution is 0.0697. The van der Waals surface area contributed by atoms with Crippen LogP contribution in [0, 0.1) is 0 Å². The Kier molecular flexibility index (Phi) is 3.28. The average Bonchev–Trinajstić information content (AvgIpc) is 3.43. The summed E-state index contributed by atoms with van der Waals surface area (Å²) >= 11 is 0. The molecule has 5 rings (SSSR count). The summed E-state index contributed by atoms with van der Waals surface area (Å²) in [6.07, 6.45) is 4.15. The first-order valence-electron chi connectivity index (χ1n) is 8.92. The second-order valence-electron chi connectivity index (χ2n) is 7.16. The number of carboxylic acids is 1. The fourth-order valence-corrected chi connectivity index (χ4v) is 3.70. The molecule has 7 heteroatoms. The Morgan fingerprint density at radius 2 is 2.00 bits per heavy atom. The number of aromatic nitrogens is 2. The van der Waals surface area contributed by atoms with Gasteiger partial charge in [-0.2, -0.15) is 0 Å². The van der Waals surface area contributed by atoms with E-state index in [-0.39, 0.29) is 11.6 Å². The molecule has 1 saturated carbocycles.